The van der Waals surface area contributed by atoms with E-state index in [1.165, 1.54) is 6.92 Å². The van der Waals surface area contributed by atoms with Crippen molar-refractivity contribution in [3.63, 3.8) is 0 Å². The third kappa shape index (κ3) is 6.75. The topological polar surface area (TPSA) is 47.9 Å². The molecule has 0 aliphatic heterocycles. The van der Waals surface area contributed by atoms with Gasteiger partial charge < -0.3 is 9.16 Å². The molecule has 0 heterocycles. The first-order valence-electron chi connectivity index (χ1n) is 6.94. The Morgan fingerprint density at radius 1 is 1.27 bits per heavy atom. The van der Waals surface area contributed by atoms with E-state index in [2.05, 4.69) is 19.0 Å². The van der Waals surface area contributed by atoms with Crippen LogP contribution in [0.2, 0.25) is 18.1 Å². The molecule has 0 saturated heterocycles. The summed E-state index contributed by atoms with van der Waals surface area (Å²) in [6.45, 7) is 11.4. The Labute approximate surface area is 133 Å². The summed E-state index contributed by atoms with van der Waals surface area (Å²) >= 11 is 0. The van der Waals surface area contributed by atoms with Gasteiger partial charge in [-0.05, 0) is 25.1 Å². The van der Waals surface area contributed by atoms with Crippen LogP contribution in [0.3, 0.4) is 0 Å². The average molecular weight is 359 g/mol. The molecule has 0 aliphatic carbocycles. The van der Waals surface area contributed by atoms with Gasteiger partial charge in [0.2, 0.25) is 5.71 Å². The highest BCUT2D eigenvalue weighted by Gasteiger charge is 2.43. The molecule has 0 N–H and O–H groups in total. The molecule has 0 aromatic rings. The molecule has 22 heavy (non-hydrogen) atoms. The van der Waals surface area contributed by atoms with Crippen LogP contribution >= 0.6 is 9.24 Å². The Kier molecular flexibility index (Phi) is 7.72. The summed E-state index contributed by atoms with van der Waals surface area (Å²) in [6, 6.07) is 0. The quantitative estimate of drug-likeness (QED) is 0.314. The molecule has 0 fully saturated rings. The highest BCUT2D eigenvalue weighted by atomic mass is 31.0. The Bertz CT molecular complexity index is 420. The van der Waals surface area contributed by atoms with E-state index in [0.717, 1.165) is 0 Å². The zero-order chi connectivity index (χ0) is 17.8. The highest BCUT2D eigenvalue weighted by Crippen LogP contribution is 2.36. The summed E-state index contributed by atoms with van der Waals surface area (Å²) in [5.74, 6) is -2.33. The van der Waals surface area contributed by atoms with Crippen molar-refractivity contribution in [3.05, 3.63) is 0 Å². The third-order valence-electron chi connectivity index (χ3n) is 3.45. The van der Waals surface area contributed by atoms with Crippen LogP contribution in [-0.2, 0) is 14.0 Å². The Morgan fingerprint density at radius 2 is 1.77 bits per heavy atom. The first-order valence-corrected chi connectivity index (χ1v) is 10.5. The number of esters is 1. The molecule has 0 aromatic heterocycles. The van der Waals surface area contributed by atoms with Gasteiger partial charge in [0.25, 0.3) is 0 Å². The van der Waals surface area contributed by atoms with Crippen LogP contribution < -0.4 is 0 Å². The highest BCUT2D eigenvalue weighted by molar-refractivity contribution is 7.17. The Morgan fingerprint density at radius 3 is 2.14 bits per heavy atom. The van der Waals surface area contributed by atoms with Crippen LogP contribution in [0.1, 0.15) is 27.7 Å². The largest absolute Gasteiger partial charge is 0.461 e. The molecule has 0 aliphatic rings. The van der Waals surface area contributed by atoms with Gasteiger partial charge in [-0.3, -0.25) is 4.99 Å². The molecule has 1 unspecified atom stereocenters. The van der Waals surface area contributed by atoms with Gasteiger partial charge in [-0.15, -0.1) is 9.24 Å². The normalized spacial score (nSPS) is 15.6. The average Bonchev–Trinajstić information content (AvgIpc) is 2.31. The predicted molar refractivity (Wildman–Crippen MR) is 86.8 cm³/mol. The Hall–Kier alpha value is -0.463. The zero-order valence-corrected chi connectivity index (χ0v) is 16.0. The third-order valence-corrected chi connectivity index (χ3v) is 8.30. The van der Waals surface area contributed by atoms with Crippen LogP contribution in [0.4, 0.5) is 13.2 Å². The van der Waals surface area contributed by atoms with E-state index in [9.17, 15) is 18.0 Å². The summed E-state index contributed by atoms with van der Waals surface area (Å²) in [5.41, 5.74) is -1.53. The first kappa shape index (κ1) is 21.5. The number of carbonyl (C=O) groups excluding carboxylic acids is 1. The van der Waals surface area contributed by atoms with E-state index in [0.29, 0.717) is 0 Å². The van der Waals surface area contributed by atoms with Crippen molar-refractivity contribution in [2.75, 3.05) is 13.2 Å². The molecule has 9 heteroatoms. The maximum Gasteiger partial charge on any atom is 0.440 e. The number of aliphatic imine (C=N–C) groups is 1. The second kappa shape index (κ2) is 7.88. The van der Waals surface area contributed by atoms with E-state index in [-0.39, 0.29) is 18.3 Å². The fraction of sp³-hybridized carbons (Fsp3) is 0.846. The molecule has 4 nitrogen and oxygen atoms in total. The van der Waals surface area contributed by atoms with Crippen LogP contribution in [0, 0.1) is 0 Å². The summed E-state index contributed by atoms with van der Waals surface area (Å²) in [7, 11) is 0.0761. The monoisotopic (exact) mass is 359 g/mol. The zero-order valence-electron chi connectivity index (χ0n) is 13.9. The minimum Gasteiger partial charge on any atom is -0.461 e. The van der Waals surface area contributed by atoms with E-state index >= 15 is 0 Å². The lowest BCUT2D eigenvalue weighted by Crippen LogP contribution is -2.42. The van der Waals surface area contributed by atoms with Gasteiger partial charge in [-0.25, -0.2) is 4.79 Å². The van der Waals surface area contributed by atoms with Gasteiger partial charge in [0.05, 0.1) is 19.0 Å². The standard InChI is InChI=1S/C13H25F3NO3PSi/c1-7-19-11(18)10(13(14,15)16)17-9(21)8-20-22(5,6)12(2,3)4/h9H,7-8,21H2,1-6H3/b17-10+/t9-/m1/s1. The number of hydrogen-bond acceptors (Lipinski definition) is 4. The fourth-order valence-electron chi connectivity index (χ4n) is 1.15. The van der Waals surface area contributed by atoms with Gasteiger partial charge in [0.15, 0.2) is 8.32 Å². The van der Waals surface area contributed by atoms with Crippen LogP contribution in [0.5, 0.6) is 0 Å². The molecule has 0 rings (SSSR count). The summed E-state index contributed by atoms with van der Waals surface area (Å²) in [6.07, 6.45) is -4.85. The number of ether oxygens (including phenoxy) is 1. The van der Waals surface area contributed by atoms with Crippen LogP contribution in [-0.4, -0.2) is 45.2 Å². The summed E-state index contributed by atoms with van der Waals surface area (Å²) < 4.78 is 48.7. The van der Waals surface area contributed by atoms with E-state index in [4.69, 9.17) is 4.43 Å². The number of halogens is 3. The molecule has 0 aromatic carbocycles. The number of nitrogens with zero attached hydrogens (tertiary/aromatic N) is 1. The van der Waals surface area contributed by atoms with Gasteiger partial charge in [-0.1, -0.05) is 20.8 Å². The van der Waals surface area contributed by atoms with Gasteiger partial charge >= 0.3 is 12.1 Å². The number of rotatable bonds is 6. The lowest BCUT2D eigenvalue weighted by Gasteiger charge is -2.36. The van der Waals surface area contributed by atoms with Gasteiger partial charge in [0.1, 0.15) is 0 Å². The van der Waals surface area contributed by atoms with Crippen molar-refractivity contribution < 1.29 is 27.1 Å². The van der Waals surface area contributed by atoms with Crippen molar-refractivity contribution in [2.45, 2.75) is 57.8 Å². The minimum atomic E-state index is -4.85. The molecule has 0 saturated carbocycles. The van der Waals surface area contributed by atoms with Crippen molar-refractivity contribution >= 4 is 29.2 Å². The van der Waals surface area contributed by atoms with E-state index in [1.54, 1.807) is 0 Å². The maximum atomic E-state index is 12.8. The van der Waals surface area contributed by atoms with Crippen molar-refractivity contribution in [1.82, 2.24) is 0 Å². The second-order valence-electron chi connectivity index (χ2n) is 6.33. The van der Waals surface area contributed by atoms with E-state index in [1.807, 2.05) is 33.9 Å². The number of hydrogen-bond donors (Lipinski definition) is 0. The molecule has 0 radical (unpaired) electrons. The maximum absolute atomic E-state index is 12.8. The predicted octanol–water partition coefficient (Wildman–Crippen LogP) is 3.78. The number of carbonyl (C=O) groups is 1. The molecule has 0 amide bonds. The fourth-order valence-corrected chi connectivity index (χ4v) is 2.61. The molecule has 0 bridgehead atoms. The van der Waals surface area contributed by atoms with Crippen molar-refractivity contribution in [2.24, 2.45) is 4.99 Å². The molecule has 0 spiro atoms. The van der Waals surface area contributed by atoms with Gasteiger partial charge in [-0.2, -0.15) is 13.2 Å². The number of alkyl halides is 3. The molecule has 130 valence electrons. The summed E-state index contributed by atoms with van der Waals surface area (Å²) in [5, 5.41) is -0.0604. The Balaban J connectivity index is 5.02. The molecule has 2 atom stereocenters. The van der Waals surface area contributed by atoms with Crippen molar-refractivity contribution in [1.29, 1.82) is 0 Å². The van der Waals surface area contributed by atoms with E-state index < -0.39 is 32.0 Å². The molecular weight excluding hydrogens is 334 g/mol. The van der Waals surface area contributed by atoms with Crippen LogP contribution in [0.25, 0.3) is 0 Å². The minimum absolute atomic E-state index is 0.000143. The SMILES string of the molecule is CCOC(=O)/C(=N\[C@H](P)CO[Si](C)(C)C(C)(C)C)C(F)(F)F. The molecular formula is C13H25F3NO3PSi. The first-order chi connectivity index (χ1) is 9.72. The second-order valence-corrected chi connectivity index (χ2v) is 11.9. The lowest BCUT2D eigenvalue weighted by molar-refractivity contribution is -0.139. The van der Waals surface area contributed by atoms with Crippen LogP contribution in [0.15, 0.2) is 4.99 Å². The summed E-state index contributed by atoms with van der Waals surface area (Å²) in [4.78, 5) is 14.8. The van der Waals surface area contributed by atoms with Gasteiger partial charge in [0, 0.05) is 0 Å². The lowest BCUT2D eigenvalue weighted by atomic mass is 10.2. The van der Waals surface area contributed by atoms with Crippen molar-refractivity contribution in [3.8, 4) is 0 Å². The smallest absolute Gasteiger partial charge is 0.440 e.